The maximum absolute atomic E-state index is 4.49. The first-order valence-electron chi connectivity index (χ1n) is 5.17. The molecule has 0 spiro atoms. The minimum atomic E-state index is 0.158. The van der Waals surface area contributed by atoms with Gasteiger partial charge in [0.25, 0.3) is 0 Å². The number of rotatable bonds is 4. The fraction of sp³-hybridized carbons (Fsp3) is 0.727. The fourth-order valence-electron chi connectivity index (χ4n) is 1.50. The summed E-state index contributed by atoms with van der Waals surface area (Å²) in [5, 5.41) is 4.54. The molecule has 3 heteroatoms. The molecule has 0 aliphatic carbocycles. The molecular formula is C11H20N2S. The molecule has 2 nitrogen and oxygen atoms in total. The van der Waals surface area contributed by atoms with Gasteiger partial charge in [-0.25, -0.2) is 4.98 Å². The lowest BCUT2D eigenvalue weighted by Crippen LogP contribution is -2.30. The maximum atomic E-state index is 4.49. The van der Waals surface area contributed by atoms with E-state index in [-0.39, 0.29) is 5.54 Å². The van der Waals surface area contributed by atoms with Crippen LogP contribution in [0.4, 0.5) is 5.13 Å². The minimum Gasteiger partial charge on any atom is -0.357 e. The van der Waals surface area contributed by atoms with Crippen LogP contribution in [0, 0.1) is 13.8 Å². The van der Waals surface area contributed by atoms with Crippen LogP contribution in [0.2, 0.25) is 0 Å². The summed E-state index contributed by atoms with van der Waals surface area (Å²) < 4.78 is 0. The first-order valence-corrected chi connectivity index (χ1v) is 5.98. The molecule has 1 heterocycles. The lowest BCUT2D eigenvalue weighted by Gasteiger charge is -2.25. The predicted octanol–water partition coefficient (Wildman–Crippen LogP) is 3.75. The lowest BCUT2D eigenvalue weighted by atomic mass is 10.00. The van der Waals surface area contributed by atoms with E-state index >= 15 is 0 Å². The van der Waals surface area contributed by atoms with Gasteiger partial charge in [-0.15, -0.1) is 11.3 Å². The number of hydrogen-bond donors (Lipinski definition) is 1. The Morgan fingerprint density at radius 1 is 1.36 bits per heavy atom. The van der Waals surface area contributed by atoms with Crippen LogP contribution in [-0.4, -0.2) is 10.5 Å². The Morgan fingerprint density at radius 3 is 2.43 bits per heavy atom. The molecule has 0 saturated heterocycles. The Morgan fingerprint density at radius 2 is 2.00 bits per heavy atom. The Labute approximate surface area is 90.8 Å². The maximum Gasteiger partial charge on any atom is 0.183 e. The van der Waals surface area contributed by atoms with Crippen LogP contribution >= 0.6 is 11.3 Å². The van der Waals surface area contributed by atoms with Crippen molar-refractivity contribution in [2.75, 3.05) is 5.32 Å². The highest BCUT2D eigenvalue weighted by Gasteiger charge is 2.17. The number of thiazole rings is 1. The third kappa shape index (κ3) is 2.98. The molecule has 14 heavy (non-hydrogen) atoms. The smallest absolute Gasteiger partial charge is 0.183 e. The van der Waals surface area contributed by atoms with Crippen molar-refractivity contribution in [2.24, 2.45) is 0 Å². The van der Waals surface area contributed by atoms with Crippen molar-refractivity contribution in [1.29, 1.82) is 0 Å². The molecule has 1 N–H and O–H groups in total. The van der Waals surface area contributed by atoms with Crippen LogP contribution in [0.3, 0.4) is 0 Å². The summed E-state index contributed by atoms with van der Waals surface area (Å²) in [6.45, 7) is 10.8. The van der Waals surface area contributed by atoms with Crippen molar-refractivity contribution in [3.05, 3.63) is 10.6 Å². The average molecular weight is 212 g/mol. The van der Waals surface area contributed by atoms with Gasteiger partial charge in [-0.2, -0.15) is 0 Å². The Hall–Kier alpha value is -0.570. The first-order chi connectivity index (χ1) is 6.44. The quantitative estimate of drug-likeness (QED) is 0.822. The van der Waals surface area contributed by atoms with Crippen LogP contribution < -0.4 is 5.32 Å². The lowest BCUT2D eigenvalue weighted by molar-refractivity contribution is 0.510. The Balaban J connectivity index is 2.68. The summed E-state index contributed by atoms with van der Waals surface area (Å²) in [5.41, 5.74) is 1.30. The van der Waals surface area contributed by atoms with Crippen molar-refractivity contribution in [1.82, 2.24) is 4.98 Å². The summed E-state index contributed by atoms with van der Waals surface area (Å²) in [7, 11) is 0. The van der Waals surface area contributed by atoms with Gasteiger partial charge >= 0.3 is 0 Å². The molecule has 1 aromatic rings. The molecule has 0 saturated carbocycles. The Kier molecular flexibility index (Phi) is 3.53. The number of aryl methyl sites for hydroxylation is 2. The molecule has 0 amide bonds. The SMILES string of the molecule is CCCC(C)(C)Nc1nc(C)c(C)s1. The molecule has 0 bridgehead atoms. The molecule has 0 unspecified atom stereocenters. The molecule has 1 aromatic heterocycles. The molecule has 1 rings (SSSR count). The van der Waals surface area contributed by atoms with Crippen LogP contribution in [0.5, 0.6) is 0 Å². The Bertz CT molecular complexity index is 283. The summed E-state index contributed by atoms with van der Waals surface area (Å²) in [4.78, 5) is 5.79. The second-order valence-electron chi connectivity index (χ2n) is 4.42. The third-order valence-corrected chi connectivity index (χ3v) is 3.34. The van der Waals surface area contributed by atoms with E-state index in [0.717, 1.165) is 10.8 Å². The van der Waals surface area contributed by atoms with Gasteiger partial charge in [-0.05, 0) is 34.1 Å². The molecular weight excluding hydrogens is 192 g/mol. The van der Waals surface area contributed by atoms with E-state index in [1.807, 2.05) is 0 Å². The highest BCUT2D eigenvalue weighted by molar-refractivity contribution is 7.15. The van der Waals surface area contributed by atoms with Gasteiger partial charge in [0.2, 0.25) is 0 Å². The molecule has 80 valence electrons. The molecule has 0 radical (unpaired) electrons. The minimum absolute atomic E-state index is 0.158. The van der Waals surface area contributed by atoms with E-state index in [9.17, 15) is 0 Å². The summed E-state index contributed by atoms with van der Waals surface area (Å²) in [5.74, 6) is 0. The summed E-state index contributed by atoms with van der Waals surface area (Å²) >= 11 is 1.74. The number of aromatic nitrogens is 1. The number of nitrogens with one attached hydrogen (secondary N) is 1. The van der Waals surface area contributed by atoms with Crippen LogP contribution in [-0.2, 0) is 0 Å². The van der Waals surface area contributed by atoms with E-state index in [0.29, 0.717) is 0 Å². The zero-order valence-corrected chi connectivity index (χ0v) is 10.6. The summed E-state index contributed by atoms with van der Waals surface area (Å²) in [6, 6.07) is 0. The van der Waals surface area contributed by atoms with Gasteiger partial charge < -0.3 is 5.32 Å². The molecule has 0 aliphatic heterocycles. The van der Waals surface area contributed by atoms with Crippen molar-refractivity contribution in [3.63, 3.8) is 0 Å². The van der Waals surface area contributed by atoms with Crippen LogP contribution in [0.15, 0.2) is 0 Å². The second-order valence-corrected chi connectivity index (χ2v) is 5.62. The van der Waals surface area contributed by atoms with Crippen molar-refractivity contribution >= 4 is 16.5 Å². The van der Waals surface area contributed by atoms with Crippen molar-refractivity contribution in [2.45, 2.75) is 53.0 Å². The molecule has 0 aliphatic rings. The van der Waals surface area contributed by atoms with Crippen molar-refractivity contribution in [3.8, 4) is 0 Å². The number of nitrogens with zero attached hydrogens (tertiary/aromatic N) is 1. The molecule has 0 aromatic carbocycles. The van der Waals surface area contributed by atoms with Gasteiger partial charge in [0, 0.05) is 10.4 Å². The van der Waals surface area contributed by atoms with E-state index in [4.69, 9.17) is 0 Å². The predicted molar refractivity (Wildman–Crippen MR) is 64.2 cm³/mol. The second kappa shape index (κ2) is 4.30. The highest BCUT2D eigenvalue weighted by atomic mass is 32.1. The fourth-order valence-corrected chi connectivity index (χ4v) is 2.50. The zero-order valence-electron chi connectivity index (χ0n) is 9.77. The first kappa shape index (κ1) is 11.5. The van der Waals surface area contributed by atoms with Crippen molar-refractivity contribution < 1.29 is 0 Å². The van der Waals surface area contributed by atoms with E-state index < -0.39 is 0 Å². The van der Waals surface area contributed by atoms with E-state index in [1.54, 1.807) is 11.3 Å². The van der Waals surface area contributed by atoms with Crippen LogP contribution in [0.25, 0.3) is 0 Å². The van der Waals surface area contributed by atoms with Crippen LogP contribution in [0.1, 0.15) is 44.2 Å². The largest absolute Gasteiger partial charge is 0.357 e. The monoisotopic (exact) mass is 212 g/mol. The highest BCUT2D eigenvalue weighted by Crippen LogP contribution is 2.25. The van der Waals surface area contributed by atoms with Gasteiger partial charge in [0.15, 0.2) is 5.13 Å². The van der Waals surface area contributed by atoms with Gasteiger partial charge in [-0.3, -0.25) is 0 Å². The molecule has 0 fully saturated rings. The van der Waals surface area contributed by atoms with E-state index in [2.05, 4.69) is 44.9 Å². The normalized spacial score (nSPS) is 11.8. The summed E-state index contributed by atoms with van der Waals surface area (Å²) in [6.07, 6.45) is 2.37. The topological polar surface area (TPSA) is 24.9 Å². The standard InChI is InChI=1S/C11H20N2S/c1-6-7-11(4,5)13-10-12-8(2)9(3)14-10/h6-7H2,1-5H3,(H,12,13). The zero-order chi connectivity index (χ0) is 10.8. The van der Waals surface area contributed by atoms with Gasteiger partial charge in [-0.1, -0.05) is 13.3 Å². The number of anilines is 1. The third-order valence-electron chi connectivity index (χ3n) is 2.35. The average Bonchev–Trinajstić information content (AvgIpc) is 2.29. The molecule has 0 atom stereocenters. The van der Waals surface area contributed by atoms with Gasteiger partial charge in [0.1, 0.15) is 0 Å². The number of hydrogen-bond acceptors (Lipinski definition) is 3. The van der Waals surface area contributed by atoms with E-state index in [1.165, 1.54) is 17.7 Å². The van der Waals surface area contributed by atoms with Gasteiger partial charge in [0.05, 0.1) is 5.69 Å².